The first-order valence-electron chi connectivity index (χ1n) is 5.82. The lowest BCUT2D eigenvalue weighted by Crippen LogP contribution is -2.37. The first-order valence-corrected chi connectivity index (χ1v) is 5.82. The molecule has 1 aromatic carbocycles. The van der Waals surface area contributed by atoms with Crippen LogP contribution in [0.25, 0.3) is 0 Å². The summed E-state index contributed by atoms with van der Waals surface area (Å²) in [7, 11) is 0. The third-order valence-corrected chi connectivity index (χ3v) is 3.03. The molecule has 0 spiro atoms. The highest BCUT2D eigenvalue weighted by atomic mass is 16.5. The fourth-order valence-electron chi connectivity index (χ4n) is 2.03. The molecule has 15 heavy (non-hydrogen) atoms. The third kappa shape index (κ3) is 2.96. The van der Waals surface area contributed by atoms with E-state index in [9.17, 15) is 0 Å². The summed E-state index contributed by atoms with van der Waals surface area (Å²) in [6.07, 6.45) is 2.72. The van der Waals surface area contributed by atoms with E-state index in [-0.39, 0.29) is 0 Å². The van der Waals surface area contributed by atoms with Crippen LogP contribution >= 0.6 is 0 Å². The van der Waals surface area contributed by atoms with Crippen molar-refractivity contribution in [2.45, 2.75) is 25.9 Å². The lowest BCUT2D eigenvalue weighted by Gasteiger charge is -2.31. The molecule has 0 N–H and O–H groups in total. The molecule has 0 amide bonds. The second-order valence-electron chi connectivity index (χ2n) is 4.06. The van der Waals surface area contributed by atoms with Crippen molar-refractivity contribution in [1.82, 2.24) is 4.90 Å². The van der Waals surface area contributed by atoms with Crippen molar-refractivity contribution in [3.63, 3.8) is 0 Å². The van der Waals surface area contributed by atoms with Crippen molar-refractivity contribution in [2.75, 3.05) is 19.6 Å². The fourth-order valence-corrected chi connectivity index (χ4v) is 2.03. The predicted molar refractivity (Wildman–Crippen MR) is 62.2 cm³/mol. The van der Waals surface area contributed by atoms with Crippen LogP contribution < -0.4 is 4.74 Å². The van der Waals surface area contributed by atoms with Crippen LogP contribution in [0.3, 0.4) is 0 Å². The van der Waals surface area contributed by atoms with Gasteiger partial charge in [0.2, 0.25) is 0 Å². The van der Waals surface area contributed by atoms with Gasteiger partial charge >= 0.3 is 0 Å². The van der Waals surface area contributed by atoms with Gasteiger partial charge in [0.25, 0.3) is 0 Å². The van der Waals surface area contributed by atoms with Gasteiger partial charge in [-0.2, -0.15) is 0 Å². The van der Waals surface area contributed by atoms with E-state index in [1.807, 2.05) is 30.3 Å². The number of benzene rings is 1. The van der Waals surface area contributed by atoms with Crippen molar-refractivity contribution in [3.05, 3.63) is 30.3 Å². The zero-order valence-electron chi connectivity index (χ0n) is 9.36. The maximum atomic E-state index is 5.92. The fraction of sp³-hybridized carbons (Fsp3) is 0.538. The summed E-state index contributed by atoms with van der Waals surface area (Å²) in [6, 6.07) is 10.1. The van der Waals surface area contributed by atoms with Crippen molar-refractivity contribution in [2.24, 2.45) is 0 Å². The molecule has 82 valence electrons. The zero-order chi connectivity index (χ0) is 10.5. The van der Waals surface area contributed by atoms with E-state index in [4.69, 9.17) is 4.74 Å². The Morgan fingerprint density at radius 3 is 2.47 bits per heavy atom. The van der Waals surface area contributed by atoms with Gasteiger partial charge in [-0.15, -0.1) is 0 Å². The summed E-state index contributed by atoms with van der Waals surface area (Å²) < 4.78 is 5.92. The Kier molecular flexibility index (Phi) is 3.62. The minimum absolute atomic E-state index is 0.412. The molecule has 0 bridgehead atoms. The van der Waals surface area contributed by atoms with Crippen molar-refractivity contribution >= 4 is 0 Å². The maximum absolute atomic E-state index is 5.92. The lowest BCUT2D eigenvalue weighted by atomic mass is 10.1. The molecular formula is C13H19NO. The lowest BCUT2D eigenvalue weighted by molar-refractivity contribution is 0.104. The Morgan fingerprint density at radius 2 is 1.87 bits per heavy atom. The Hall–Kier alpha value is -1.02. The van der Waals surface area contributed by atoms with Gasteiger partial charge in [0, 0.05) is 13.1 Å². The van der Waals surface area contributed by atoms with E-state index in [0.717, 1.165) is 25.1 Å². The molecule has 1 aliphatic heterocycles. The Balaban J connectivity index is 1.82. The minimum atomic E-state index is 0.412. The topological polar surface area (TPSA) is 12.5 Å². The molecule has 1 heterocycles. The summed E-state index contributed by atoms with van der Waals surface area (Å²) in [4.78, 5) is 2.48. The van der Waals surface area contributed by atoms with Gasteiger partial charge in [-0.1, -0.05) is 25.1 Å². The summed E-state index contributed by atoms with van der Waals surface area (Å²) in [5.74, 6) is 1.01. The number of hydrogen-bond acceptors (Lipinski definition) is 2. The van der Waals surface area contributed by atoms with Crippen molar-refractivity contribution in [1.29, 1.82) is 0 Å². The molecule has 2 nitrogen and oxygen atoms in total. The molecular weight excluding hydrogens is 186 g/mol. The first-order chi connectivity index (χ1) is 7.38. The van der Waals surface area contributed by atoms with Gasteiger partial charge in [-0.05, 0) is 31.5 Å². The normalized spacial score (nSPS) is 19.0. The van der Waals surface area contributed by atoms with Gasteiger partial charge < -0.3 is 9.64 Å². The van der Waals surface area contributed by atoms with Crippen LogP contribution in [0.1, 0.15) is 19.8 Å². The highest BCUT2D eigenvalue weighted by Gasteiger charge is 2.18. The number of likely N-dealkylation sites (tertiary alicyclic amines) is 1. The molecule has 0 aliphatic carbocycles. The third-order valence-electron chi connectivity index (χ3n) is 3.03. The number of piperidine rings is 1. The summed E-state index contributed by atoms with van der Waals surface area (Å²) in [5.41, 5.74) is 0. The highest BCUT2D eigenvalue weighted by Crippen LogP contribution is 2.18. The number of rotatable bonds is 3. The van der Waals surface area contributed by atoms with Gasteiger partial charge in [-0.25, -0.2) is 0 Å². The van der Waals surface area contributed by atoms with Crippen LogP contribution in [0, 0.1) is 0 Å². The summed E-state index contributed by atoms with van der Waals surface area (Å²) >= 11 is 0. The Bertz CT molecular complexity index is 278. The van der Waals surface area contributed by atoms with E-state index in [1.54, 1.807) is 0 Å². The van der Waals surface area contributed by atoms with Gasteiger partial charge in [0.1, 0.15) is 11.9 Å². The standard InChI is InChI=1S/C13H19NO/c1-2-14-10-8-13(9-11-14)15-12-6-4-3-5-7-12/h3-7,13H,2,8-11H2,1H3. The molecule has 0 radical (unpaired) electrons. The molecule has 0 saturated carbocycles. The molecule has 1 aliphatic rings. The minimum Gasteiger partial charge on any atom is -0.490 e. The summed E-state index contributed by atoms with van der Waals surface area (Å²) in [6.45, 7) is 5.73. The Morgan fingerprint density at radius 1 is 1.20 bits per heavy atom. The molecule has 0 atom stereocenters. The average molecular weight is 205 g/mol. The molecule has 0 aromatic heterocycles. The van der Waals surface area contributed by atoms with Crippen molar-refractivity contribution in [3.8, 4) is 5.75 Å². The molecule has 1 saturated heterocycles. The van der Waals surface area contributed by atoms with Crippen LogP contribution in [-0.2, 0) is 0 Å². The molecule has 1 fully saturated rings. The van der Waals surface area contributed by atoms with E-state index >= 15 is 0 Å². The van der Waals surface area contributed by atoms with Crippen LogP contribution in [0.15, 0.2) is 30.3 Å². The van der Waals surface area contributed by atoms with Crippen LogP contribution in [0.5, 0.6) is 5.75 Å². The molecule has 0 unspecified atom stereocenters. The smallest absolute Gasteiger partial charge is 0.119 e. The van der Waals surface area contributed by atoms with Gasteiger partial charge in [-0.3, -0.25) is 0 Å². The second kappa shape index (κ2) is 5.17. The number of ether oxygens (including phenoxy) is 1. The first kappa shape index (κ1) is 10.5. The quantitative estimate of drug-likeness (QED) is 0.752. The highest BCUT2D eigenvalue weighted by molar-refractivity contribution is 5.21. The predicted octanol–water partition coefficient (Wildman–Crippen LogP) is 2.55. The van der Waals surface area contributed by atoms with Crippen molar-refractivity contribution < 1.29 is 4.74 Å². The number of nitrogens with zero attached hydrogens (tertiary/aromatic N) is 1. The van der Waals surface area contributed by atoms with Crippen LogP contribution in [-0.4, -0.2) is 30.6 Å². The molecule has 1 aromatic rings. The van der Waals surface area contributed by atoms with Gasteiger partial charge in [0.15, 0.2) is 0 Å². The molecule has 2 rings (SSSR count). The number of para-hydroxylation sites is 1. The van der Waals surface area contributed by atoms with E-state index in [0.29, 0.717) is 6.10 Å². The molecule has 2 heteroatoms. The average Bonchev–Trinajstić information content (AvgIpc) is 2.31. The van der Waals surface area contributed by atoms with E-state index in [1.165, 1.54) is 13.1 Å². The summed E-state index contributed by atoms with van der Waals surface area (Å²) in [5, 5.41) is 0. The zero-order valence-corrected chi connectivity index (χ0v) is 9.36. The SMILES string of the molecule is CCN1CCC(Oc2ccccc2)CC1. The monoisotopic (exact) mass is 205 g/mol. The van der Waals surface area contributed by atoms with Crippen LogP contribution in [0.2, 0.25) is 0 Å². The second-order valence-corrected chi connectivity index (χ2v) is 4.06. The maximum Gasteiger partial charge on any atom is 0.119 e. The Labute approximate surface area is 91.9 Å². The number of hydrogen-bond donors (Lipinski definition) is 0. The van der Waals surface area contributed by atoms with Gasteiger partial charge in [0.05, 0.1) is 0 Å². The largest absolute Gasteiger partial charge is 0.490 e. The van der Waals surface area contributed by atoms with E-state index < -0.39 is 0 Å². The van der Waals surface area contributed by atoms with Crippen LogP contribution in [0.4, 0.5) is 0 Å². The van der Waals surface area contributed by atoms with E-state index in [2.05, 4.69) is 11.8 Å².